The van der Waals surface area contributed by atoms with E-state index in [0.29, 0.717) is 5.02 Å². The van der Waals surface area contributed by atoms with Crippen LogP contribution in [-0.4, -0.2) is 28.4 Å². The number of nitrogens with one attached hydrogen (secondary N) is 1. The summed E-state index contributed by atoms with van der Waals surface area (Å²) < 4.78 is 5.46. The molecule has 0 saturated carbocycles. The lowest BCUT2D eigenvalue weighted by molar-refractivity contribution is -0.131. The smallest absolute Gasteiger partial charge is 0.328 e. The molecule has 0 atom stereocenters. The van der Waals surface area contributed by atoms with Crippen molar-refractivity contribution >= 4 is 45.7 Å². The van der Waals surface area contributed by atoms with Crippen LogP contribution in [0.3, 0.4) is 0 Å². The minimum absolute atomic E-state index is 0.649. The number of carboxylic acids is 1. The van der Waals surface area contributed by atoms with Crippen molar-refractivity contribution in [3.05, 3.63) is 100 Å². The summed E-state index contributed by atoms with van der Waals surface area (Å²) in [7, 11) is 1.64. The highest BCUT2D eigenvalue weighted by Crippen LogP contribution is 2.39. The summed E-state index contributed by atoms with van der Waals surface area (Å²) in [5.74, 6) is -0.242. The average Bonchev–Trinajstić information content (AvgIpc) is 3.30. The van der Waals surface area contributed by atoms with Crippen molar-refractivity contribution in [1.29, 1.82) is 0 Å². The molecule has 0 saturated heterocycles. The standard InChI is InChI=1S/C27H23ClN2O3/c1-3-22(23-15-21(33-2)10-11-24(23)28)27(19-9-12-25-20(14-19)16-29-30-25)18-7-4-17(5-8-18)6-13-26(31)32/h4-16H,3H2,1-2H3,(H,29,30)(H,31,32)/b13-6+,27-22+. The molecule has 3 aromatic carbocycles. The second-order valence-electron chi connectivity index (χ2n) is 7.52. The number of allylic oxidation sites excluding steroid dienone is 1. The number of ether oxygens (including phenoxy) is 1. The van der Waals surface area contributed by atoms with Gasteiger partial charge < -0.3 is 9.84 Å². The topological polar surface area (TPSA) is 75.2 Å². The van der Waals surface area contributed by atoms with E-state index in [4.69, 9.17) is 21.4 Å². The molecule has 33 heavy (non-hydrogen) atoms. The first-order chi connectivity index (χ1) is 16.0. The van der Waals surface area contributed by atoms with Crippen molar-refractivity contribution in [2.45, 2.75) is 13.3 Å². The molecule has 4 rings (SSSR count). The summed E-state index contributed by atoms with van der Waals surface area (Å²) in [4.78, 5) is 10.9. The molecule has 1 heterocycles. The molecule has 0 unspecified atom stereocenters. The molecule has 0 aliphatic rings. The van der Waals surface area contributed by atoms with E-state index in [2.05, 4.69) is 29.3 Å². The van der Waals surface area contributed by atoms with E-state index in [-0.39, 0.29) is 0 Å². The number of rotatable bonds is 7. The normalized spacial score (nSPS) is 12.2. The van der Waals surface area contributed by atoms with E-state index in [0.717, 1.165) is 62.5 Å². The number of aromatic nitrogens is 2. The summed E-state index contributed by atoms with van der Waals surface area (Å²) in [6.45, 7) is 2.10. The Morgan fingerprint density at radius 1 is 1.09 bits per heavy atom. The van der Waals surface area contributed by atoms with E-state index in [1.807, 2.05) is 48.5 Å². The van der Waals surface area contributed by atoms with E-state index in [1.165, 1.54) is 0 Å². The molecular weight excluding hydrogens is 436 g/mol. The molecule has 0 spiro atoms. The molecule has 0 radical (unpaired) electrons. The van der Waals surface area contributed by atoms with Gasteiger partial charge in [0.25, 0.3) is 0 Å². The maximum atomic E-state index is 10.9. The monoisotopic (exact) mass is 458 g/mol. The van der Waals surface area contributed by atoms with Crippen molar-refractivity contribution in [2.75, 3.05) is 7.11 Å². The second-order valence-corrected chi connectivity index (χ2v) is 7.93. The van der Waals surface area contributed by atoms with Crippen LogP contribution >= 0.6 is 11.6 Å². The maximum absolute atomic E-state index is 10.9. The zero-order valence-corrected chi connectivity index (χ0v) is 19.1. The number of aromatic amines is 1. The number of carboxylic acid groups (broad SMARTS) is 1. The Morgan fingerprint density at radius 2 is 1.85 bits per heavy atom. The number of nitrogens with zero attached hydrogens (tertiary/aromatic N) is 1. The summed E-state index contributed by atoms with van der Waals surface area (Å²) in [5, 5.41) is 17.7. The molecule has 0 bridgehead atoms. The lowest BCUT2D eigenvalue weighted by Gasteiger charge is -2.18. The molecule has 0 amide bonds. The molecule has 0 aliphatic carbocycles. The number of hydrogen-bond acceptors (Lipinski definition) is 3. The van der Waals surface area contributed by atoms with Crippen LogP contribution in [0.1, 0.15) is 35.6 Å². The van der Waals surface area contributed by atoms with Crippen LogP contribution in [-0.2, 0) is 4.79 Å². The number of fused-ring (bicyclic) bond motifs is 1. The summed E-state index contributed by atoms with van der Waals surface area (Å²) in [6, 6.07) is 19.7. The number of methoxy groups -OCH3 is 1. The lowest BCUT2D eigenvalue weighted by Crippen LogP contribution is -1.97. The third kappa shape index (κ3) is 4.83. The van der Waals surface area contributed by atoms with Gasteiger partial charge in [0.15, 0.2) is 0 Å². The zero-order chi connectivity index (χ0) is 23.4. The molecule has 6 heteroatoms. The SMILES string of the molecule is CC/C(=C(/c1ccc(/C=C/C(=O)O)cc1)c1ccc2[nH]ncc2c1)c1cc(OC)ccc1Cl. The highest BCUT2D eigenvalue weighted by molar-refractivity contribution is 6.32. The van der Waals surface area contributed by atoms with Gasteiger partial charge in [-0.2, -0.15) is 5.10 Å². The Kier molecular flexibility index (Phi) is 6.61. The van der Waals surface area contributed by atoms with Crippen molar-refractivity contribution in [1.82, 2.24) is 10.2 Å². The van der Waals surface area contributed by atoms with Gasteiger partial charge in [-0.25, -0.2) is 4.79 Å². The molecule has 2 N–H and O–H groups in total. The van der Waals surface area contributed by atoms with Crippen LogP contribution in [0.2, 0.25) is 5.02 Å². The molecule has 1 aromatic heterocycles. The molecule has 0 aliphatic heterocycles. The first-order valence-electron chi connectivity index (χ1n) is 10.5. The van der Waals surface area contributed by atoms with Gasteiger partial charge in [-0.3, -0.25) is 5.10 Å². The van der Waals surface area contributed by atoms with Gasteiger partial charge in [-0.1, -0.05) is 48.9 Å². The van der Waals surface area contributed by atoms with E-state index in [1.54, 1.807) is 19.4 Å². The van der Waals surface area contributed by atoms with Crippen LogP contribution in [0.25, 0.3) is 28.1 Å². The quantitative estimate of drug-likeness (QED) is 0.239. The van der Waals surface area contributed by atoms with Crippen LogP contribution in [0.4, 0.5) is 0 Å². The third-order valence-electron chi connectivity index (χ3n) is 5.50. The van der Waals surface area contributed by atoms with Crippen molar-refractivity contribution in [3.8, 4) is 5.75 Å². The summed E-state index contributed by atoms with van der Waals surface area (Å²) in [5.41, 5.74) is 6.85. The Bertz CT molecular complexity index is 1370. The zero-order valence-electron chi connectivity index (χ0n) is 18.3. The fourth-order valence-electron chi connectivity index (χ4n) is 3.91. The first kappa shape index (κ1) is 22.4. The van der Waals surface area contributed by atoms with Gasteiger partial charge in [0.2, 0.25) is 0 Å². The van der Waals surface area contributed by atoms with Crippen molar-refractivity contribution in [2.24, 2.45) is 0 Å². The van der Waals surface area contributed by atoms with E-state index < -0.39 is 5.97 Å². The number of hydrogen-bond donors (Lipinski definition) is 2. The van der Waals surface area contributed by atoms with Gasteiger partial charge in [-0.15, -0.1) is 0 Å². The predicted molar refractivity (Wildman–Crippen MR) is 133 cm³/mol. The van der Waals surface area contributed by atoms with E-state index in [9.17, 15) is 4.79 Å². The first-order valence-corrected chi connectivity index (χ1v) is 10.9. The molecule has 5 nitrogen and oxygen atoms in total. The Hall–Kier alpha value is -3.83. The fraction of sp³-hybridized carbons (Fsp3) is 0.111. The number of H-pyrrole nitrogens is 1. The lowest BCUT2D eigenvalue weighted by atomic mass is 9.87. The number of benzene rings is 3. The van der Waals surface area contributed by atoms with Crippen LogP contribution in [0, 0.1) is 0 Å². The minimum atomic E-state index is -0.978. The van der Waals surface area contributed by atoms with Gasteiger partial charge in [0, 0.05) is 22.0 Å². The van der Waals surface area contributed by atoms with Gasteiger partial charge in [-0.05, 0) is 70.7 Å². The van der Waals surface area contributed by atoms with Gasteiger partial charge >= 0.3 is 5.97 Å². The number of aliphatic carboxylic acids is 1. The number of halogens is 1. The van der Waals surface area contributed by atoms with Crippen LogP contribution in [0.5, 0.6) is 5.75 Å². The highest BCUT2D eigenvalue weighted by Gasteiger charge is 2.17. The Morgan fingerprint density at radius 3 is 2.55 bits per heavy atom. The summed E-state index contributed by atoms with van der Waals surface area (Å²) in [6.07, 6.45) is 5.26. The number of carbonyl (C=O) groups is 1. The van der Waals surface area contributed by atoms with Crippen LogP contribution in [0.15, 0.2) is 72.9 Å². The van der Waals surface area contributed by atoms with Gasteiger partial charge in [0.1, 0.15) is 5.75 Å². The highest BCUT2D eigenvalue weighted by atomic mass is 35.5. The largest absolute Gasteiger partial charge is 0.497 e. The van der Waals surface area contributed by atoms with Crippen molar-refractivity contribution in [3.63, 3.8) is 0 Å². The minimum Gasteiger partial charge on any atom is -0.497 e. The van der Waals surface area contributed by atoms with Crippen molar-refractivity contribution < 1.29 is 14.6 Å². The predicted octanol–water partition coefficient (Wildman–Crippen LogP) is 6.69. The molecule has 4 aromatic rings. The van der Waals surface area contributed by atoms with Gasteiger partial charge in [0.05, 0.1) is 18.8 Å². The Balaban J connectivity index is 1.95. The summed E-state index contributed by atoms with van der Waals surface area (Å²) >= 11 is 6.65. The average molecular weight is 459 g/mol. The van der Waals surface area contributed by atoms with E-state index >= 15 is 0 Å². The second kappa shape index (κ2) is 9.76. The molecular formula is C27H23ClN2O3. The molecule has 166 valence electrons. The third-order valence-corrected chi connectivity index (χ3v) is 5.83. The van der Waals surface area contributed by atoms with Crippen LogP contribution < -0.4 is 4.74 Å². The molecule has 0 fully saturated rings. The maximum Gasteiger partial charge on any atom is 0.328 e. The fourth-order valence-corrected chi connectivity index (χ4v) is 4.14. The Labute approximate surface area is 197 Å².